The van der Waals surface area contributed by atoms with Crippen molar-refractivity contribution in [3.05, 3.63) is 77.1 Å². The van der Waals surface area contributed by atoms with Gasteiger partial charge in [0, 0.05) is 35.5 Å². The lowest BCUT2D eigenvalue weighted by Gasteiger charge is -2.29. The molecule has 1 aliphatic heterocycles. The molecule has 37 heavy (non-hydrogen) atoms. The van der Waals surface area contributed by atoms with Crippen molar-refractivity contribution in [1.29, 1.82) is 0 Å². The second-order valence-electron chi connectivity index (χ2n) is 9.74. The van der Waals surface area contributed by atoms with Crippen molar-refractivity contribution in [2.45, 2.75) is 25.3 Å². The Balaban J connectivity index is 1.37. The summed E-state index contributed by atoms with van der Waals surface area (Å²) < 4.78 is 27.6. The van der Waals surface area contributed by atoms with Gasteiger partial charge in [-0.15, -0.1) is 0 Å². The molecular weight excluding hydrogens is 508 g/mol. The number of benzene rings is 2. The quantitative estimate of drug-likeness (QED) is 0.353. The summed E-state index contributed by atoms with van der Waals surface area (Å²) in [5.74, 6) is 1.11. The van der Waals surface area contributed by atoms with E-state index in [4.69, 9.17) is 16.6 Å². The number of piperidine rings is 1. The number of aromatic nitrogens is 3. The molecule has 194 valence electrons. The highest BCUT2D eigenvalue weighted by atomic mass is 35.5. The third-order valence-electron chi connectivity index (χ3n) is 7.08. The van der Waals surface area contributed by atoms with Crippen molar-refractivity contribution in [3.63, 3.8) is 0 Å². The van der Waals surface area contributed by atoms with Crippen LogP contribution >= 0.6 is 11.6 Å². The predicted octanol–water partition coefficient (Wildman–Crippen LogP) is 5.08. The van der Waals surface area contributed by atoms with Crippen molar-refractivity contribution in [2.24, 2.45) is 0 Å². The van der Waals surface area contributed by atoms with E-state index in [1.807, 2.05) is 16.8 Å². The first kappa shape index (κ1) is 25.5. The minimum atomic E-state index is -3.42. The van der Waals surface area contributed by atoms with Gasteiger partial charge in [0.2, 0.25) is 16.0 Å². The van der Waals surface area contributed by atoms with Gasteiger partial charge >= 0.3 is 0 Å². The number of nitrogens with one attached hydrogen (secondary N) is 1. The molecule has 3 heterocycles. The van der Waals surface area contributed by atoms with Crippen LogP contribution in [0.3, 0.4) is 0 Å². The standard InChI is InChI=1S/C27H31ClN6O2S/c1-32-13-10-20(11-14-32)19-4-7-24(8-5-19)30-27-29-17-21-12-15-34(26(21)31-27)18-22-16-23(28)6-9-25(22)33(2)37(3,35)36/h4-9,12,15-17,20H,10-11,13-14,18H2,1-3H3,(H,29,30,31). The molecule has 5 rings (SSSR count). The van der Waals surface area contributed by atoms with Gasteiger partial charge in [-0.3, -0.25) is 4.31 Å². The molecule has 0 bridgehead atoms. The molecule has 0 spiro atoms. The Labute approximate surface area is 222 Å². The van der Waals surface area contributed by atoms with Gasteiger partial charge in [-0.2, -0.15) is 4.98 Å². The molecule has 2 aromatic heterocycles. The van der Waals surface area contributed by atoms with Gasteiger partial charge < -0.3 is 14.8 Å². The molecular formula is C27H31ClN6O2S. The molecule has 8 nitrogen and oxygen atoms in total. The van der Waals surface area contributed by atoms with Crippen molar-refractivity contribution in [3.8, 4) is 0 Å². The Kier molecular flexibility index (Phi) is 7.11. The zero-order valence-electron chi connectivity index (χ0n) is 21.2. The molecule has 0 atom stereocenters. The number of nitrogens with zero attached hydrogens (tertiary/aromatic N) is 5. The average molecular weight is 539 g/mol. The Bertz CT molecular complexity index is 1510. The molecule has 0 amide bonds. The summed E-state index contributed by atoms with van der Waals surface area (Å²) in [5, 5.41) is 4.75. The monoisotopic (exact) mass is 538 g/mol. The molecule has 1 saturated heterocycles. The largest absolute Gasteiger partial charge is 0.328 e. The lowest BCUT2D eigenvalue weighted by molar-refractivity contribution is 0.255. The fourth-order valence-electron chi connectivity index (χ4n) is 4.82. The first-order chi connectivity index (χ1) is 17.7. The van der Waals surface area contributed by atoms with Crippen LogP contribution in [-0.4, -0.2) is 61.3 Å². The number of likely N-dealkylation sites (tertiary alicyclic amines) is 1. The van der Waals surface area contributed by atoms with Crippen LogP contribution in [0.15, 0.2) is 60.9 Å². The normalized spacial score (nSPS) is 15.2. The lowest BCUT2D eigenvalue weighted by Crippen LogP contribution is -2.29. The minimum Gasteiger partial charge on any atom is -0.328 e. The van der Waals surface area contributed by atoms with Crippen molar-refractivity contribution in [2.75, 3.05) is 43.1 Å². The molecule has 1 aliphatic rings. The highest BCUT2D eigenvalue weighted by Crippen LogP contribution is 2.30. The van der Waals surface area contributed by atoms with Crippen LogP contribution in [0.2, 0.25) is 5.02 Å². The SMILES string of the molecule is CN1CCC(c2ccc(Nc3ncc4ccn(Cc5cc(Cl)ccc5N(C)S(C)(=O)=O)c4n3)cc2)CC1. The Morgan fingerprint density at radius 1 is 1.11 bits per heavy atom. The van der Waals surface area contributed by atoms with E-state index in [-0.39, 0.29) is 0 Å². The summed E-state index contributed by atoms with van der Waals surface area (Å²) in [5.41, 5.74) is 4.40. The van der Waals surface area contributed by atoms with Gasteiger partial charge in [-0.25, -0.2) is 13.4 Å². The second kappa shape index (κ2) is 10.3. The highest BCUT2D eigenvalue weighted by Gasteiger charge is 2.19. The molecule has 0 unspecified atom stereocenters. The van der Waals surface area contributed by atoms with E-state index in [2.05, 4.69) is 46.5 Å². The third-order valence-corrected chi connectivity index (χ3v) is 8.50. The Morgan fingerprint density at radius 2 is 1.84 bits per heavy atom. The first-order valence-electron chi connectivity index (χ1n) is 12.3. The third kappa shape index (κ3) is 5.74. The van der Waals surface area contributed by atoms with Crippen LogP contribution < -0.4 is 9.62 Å². The van der Waals surface area contributed by atoms with E-state index in [1.54, 1.807) is 24.4 Å². The summed E-state index contributed by atoms with van der Waals surface area (Å²) in [4.78, 5) is 11.6. The zero-order valence-corrected chi connectivity index (χ0v) is 22.8. The number of fused-ring (bicyclic) bond motifs is 1. The van der Waals surface area contributed by atoms with E-state index >= 15 is 0 Å². The Morgan fingerprint density at radius 3 is 2.54 bits per heavy atom. The number of rotatable bonds is 7. The molecule has 2 aromatic carbocycles. The van der Waals surface area contributed by atoms with Crippen molar-refractivity contribution in [1.82, 2.24) is 19.4 Å². The number of hydrogen-bond donors (Lipinski definition) is 1. The van der Waals surface area contributed by atoms with Crippen molar-refractivity contribution < 1.29 is 8.42 Å². The van der Waals surface area contributed by atoms with Crippen LogP contribution in [0, 0.1) is 0 Å². The molecule has 0 aliphatic carbocycles. The summed E-state index contributed by atoms with van der Waals surface area (Å²) in [6.45, 7) is 2.68. The topological polar surface area (TPSA) is 83.4 Å². The van der Waals surface area contributed by atoms with Crippen LogP contribution in [0.4, 0.5) is 17.3 Å². The van der Waals surface area contributed by atoms with Gasteiger partial charge in [0.1, 0.15) is 5.65 Å². The molecule has 0 saturated carbocycles. The minimum absolute atomic E-state index is 0.404. The molecule has 10 heteroatoms. The summed E-state index contributed by atoms with van der Waals surface area (Å²) in [6, 6.07) is 15.7. The fourth-order valence-corrected chi connectivity index (χ4v) is 5.55. The highest BCUT2D eigenvalue weighted by molar-refractivity contribution is 7.92. The molecule has 0 radical (unpaired) electrons. The van der Waals surface area contributed by atoms with E-state index in [0.29, 0.717) is 29.1 Å². The number of sulfonamides is 1. The number of halogens is 1. The van der Waals surface area contributed by atoms with Crippen LogP contribution in [0.5, 0.6) is 0 Å². The smallest absolute Gasteiger partial charge is 0.232 e. The summed E-state index contributed by atoms with van der Waals surface area (Å²) >= 11 is 6.26. The van der Waals surface area contributed by atoms with Gasteiger partial charge in [0.25, 0.3) is 0 Å². The number of anilines is 3. The predicted molar refractivity (Wildman–Crippen MR) is 151 cm³/mol. The maximum absolute atomic E-state index is 12.2. The molecule has 4 aromatic rings. The Hall–Kier alpha value is -3.14. The van der Waals surface area contributed by atoms with Gasteiger partial charge in [0.15, 0.2) is 0 Å². The van der Waals surface area contributed by atoms with E-state index < -0.39 is 10.0 Å². The second-order valence-corrected chi connectivity index (χ2v) is 12.2. The van der Waals surface area contributed by atoms with Gasteiger partial charge in [0.05, 0.1) is 18.5 Å². The average Bonchev–Trinajstić information content (AvgIpc) is 3.26. The van der Waals surface area contributed by atoms with Crippen LogP contribution in [0.1, 0.15) is 29.9 Å². The summed E-state index contributed by atoms with van der Waals surface area (Å²) in [6.07, 6.45) is 7.27. The lowest BCUT2D eigenvalue weighted by atomic mass is 9.89. The van der Waals surface area contributed by atoms with Crippen molar-refractivity contribution >= 4 is 50.0 Å². The van der Waals surface area contributed by atoms with Crippen LogP contribution in [0.25, 0.3) is 11.0 Å². The fraction of sp³-hybridized carbons (Fsp3) is 0.333. The summed E-state index contributed by atoms with van der Waals surface area (Å²) in [7, 11) is 0.295. The molecule has 1 fully saturated rings. The van der Waals surface area contributed by atoms with Gasteiger partial charge in [-0.05, 0) is 86.4 Å². The zero-order chi connectivity index (χ0) is 26.2. The maximum Gasteiger partial charge on any atom is 0.232 e. The van der Waals surface area contributed by atoms with Crippen LogP contribution in [-0.2, 0) is 16.6 Å². The van der Waals surface area contributed by atoms with E-state index in [0.717, 1.165) is 35.4 Å². The maximum atomic E-state index is 12.2. The first-order valence-corrected chi connectivity index (χ1v) is 14.5. The number of hydrogen-bond acceptors (Lipinski definition) is 6. The van der Waals surface area contributed by atoms with Gasteiger partial charge in [-0.1, -0.05) is 23.7 Å². The van der Waals surface area contributed by atoms with E-state index in [1.165, 1.54) is 36.0 Å². The molecule has 1 N–H and O–H groups in total. The van der Waals surface area contributed by atoms with E-state index in [9.17, 15) is 8.42 Å².